The lowest BCUT2D eigenvalue weighted by atomic mass is 9.88. The molecule has 12 heavy (non-hydrogen) atoms. The highest BCUT2D eigenvalue weighted by atomic mass is 16.2. The van der Waals surface area contributed by atoms with Crippen molar-refractivity contribution in [2.45, 2.75) is 20.3 Å². The maximum atomic E-state index is 11.5. The molecule has 3 nitrogen and oxygen atoms in total. The minimum atomic E-state index is 0.0899. The number of carbonyl (C=O) groups is 1. The molecule has 1 saturated heterocycles. The van der Waals surface area contributed by atoms with Crippen molar-refractivity contribution in [3.8, 4) is 6.07 Å². The van der Waals surface area contributed by atoms with Crippen molar-refractivity contribution in [3.63, 3.8) is 0 Å². The van der Waals surface area contributed by atoms with Crippen LogP contribution >= 0.6 is 0 Å². The molecule has 1 rings (SSSR count). The first-order valence-corrected chi connectivity index (χ1v) is 4.32. The van der Waals surface area contributed by atoms with E-state index in [2.05, 4.69) is 6.92 Å². The fraction of sp³-hybridized carbons (Fsp3) is 0.778. The zero-order valence-corrected chi connectivity index (χ0v) is 7.58. The summed E-state index contributed by atoms with van der Waals surface area (Å²) in [5.41, 5.74) is 0. The Hall–Kier alpha value is -1.04. The minimum absolute atomic E-state index is 0.0899. The molecule has 1 aliphatic heterocycles. The number of nitriles is 1. The summed E-state index contributed by atoms with van der Waals surface area (Å²) < 4.78 is 0. The molecule has 66 valence electrons. The van der Waals surface area contributed by atoms with Gasteiger partial charge in [0.2, 0.25) is 5.91 Å². The quantitative estimate of drug-likeness (QED) is 0.546. The third kappa shape index (κ3) is 1.58. The van der Waals surface area contributed by atoms with Gasteiger partial charge in [-0.15, -0.1) is 0 Å². The summed E-state index contributed by atoms with van der Waals surface area (Å²) in [5.74, 6) is 0.690. The van der Waals surface area contributed by atoms with Crippen LogP contribution in [-0.4, -0.2) is 23.9 Å². The molecular formula is C9H14N2O. The number of piperidine rings is 1. The number of likely N-dealkylation sites (tertiary alicyclic amines) is 1. The Kier molecular flexibility index (Phi) is 2.69. The molecule has 0 aromatic heterocycles. The lowest BCUT2D eigenvalue weighted by molar-refractivity contribution is -0.139. The molecule has 2 unspecified atom stereocenters. The summed E-state index contributed by atoms with van der Waals surface area (Å²) in [5, 5.41) is 8.44. The number of nitrogens with zero attached hydrogens (tertiary/aromatic N) is 2. The molecule has 0 aromatic rings. The largest absolute Gasteiger partial charge is 0.329 e. The maximum Gasteiger partial charge on any atom is 0.226 e. The van der Waals surface area contributed by atoms with Gasteiger partial charge in [0, 0.05) is 12.5 Å². The highest BCUT2D eigenvalue weighted by Crippen LogP contribution is 2.23. The molecule has 0 radical (unpaired) electrons. The zero-order chi connectivity index (χ0) is 9.14. The van der Waals surface area contributed by atoms with Crippen LogP contribution in [0.15, 0.2) is 0 Å². The van der Waals surface area contributed by atoms with Crippen molar-refractivity contribution in [2.75, 3.05) is 13.1 Å². The Morgan fingerprint density at radius 3 is 2.92 bits per heavy atom. The Labute approximate surface area is 73.0 Å². The smallest absolute Gasteiger partial charge is 0.226 e. The van der Waals surface area contributed by atoms with E-state index in [1.165, 1.54) is 0 Å². The van der Waals surface area contributed by atoms with Crippen LogP contribution in [0.5, 0.6) is 0 Å². The van der Waals surface area contributed by atoms with Gasteiger partial charge in [0.05, 0.1) is 6.07 Å². The molecule has 0 bridgehead atoms. The second-order valence-electron chi connectivity index (χ2n) is 3.47. The van der Waals surface area contributed by atoms with E-state index in [1.807, 2.05) is 13.0 Å². The van der Waals surface area contributed by atoms with E-state index in [-0.39, 0.29) is 18.4 Å². The van der Waals surface area contributed by atoms with Crippen LogP contribution in [0.1, 0.15) is 20.3 Å². The van der Waals surface area contributed by atoms with E-state index < -0.39 is 0 Å². The molecule has 1 heterocycles. The molecule has 0 N–H and O–H groups in total. The first-order valence-electron chi connectivity index (χ1n) is 4.32. The molecule has 1 aliphatic rings. The molecule has 0 saturated carbocycles. The number of hydrogen-bond donors (Lipinski definition) is 0. The summed E-state index contributed by atoms with van der Waals surface area (Å²) in [7, 11) is 0. The Morgan fingerprint density at radius 1 is 1.67 bits per heavy atom. The SMILES string of the molecule is CC1CCN(CC#N)C(=O)C1C. The summed E-state index contributed by atoms with van der Waals surface area (Å²) in [6, 6.07) is 2.01. The van der Waals surface area contributed by atoms with Crippen LogP contribution in [0.2, 0.25) is 0 Å². The molecule has 0 aromatic carbocycles. The normalized spacial score (nSPS) is 30.1. The third-order valence-electron chi connectivity index (χ3n) is 2.67. The fourth-order valence-corrected chi connectivity index (χ4v) is 1.49. The van der Waals surface area contributed by atoms with Crippen LogP contribution in [0, 0.1) is 23.2 Å². The molecule has 0 aliphatic carbocycles. The van der Waals surface area contributed by atoms with Gasteiger partial charge in [0.1, 0.15) is 6.54 Å². The summed E-state index contributed by atoms with van der Waals surface area (Å²) in [6.07, 6.45) is 1.02. The standard InChI is InChI=1S/C9H14N2O/c1-7-3-5-11(6-4-10)9(12)8(7)2/h7-8H,3,5-6H2,1-2H3. The fourth-order valence-electron chi connectivity index (χ4n) is 1.49. The predicted molar refractivity (Wildman–Crippen MR) is 45.1 cm³/mol. The van der Waals surface area contributed by atoms with E-state index in [4.69, 9.17) is 5.26 Å². The van der Waals surface area contributed by atoms with Gasteiger partial charge in [0.15, 0.2) is 0 Å². The van der Waals surface area contributed by atoms with E-state index in [1.54, 1.807) is 4.90 Å². The topological polar surface area (TPSA) is 44.1 Å². The van der Waals surface area contributed by atoms with Crippen LogP contribution in [0.4, 0.5) is 0 Å². The second kappa shape index (κ2) is 3.57. The number of hydrogen-bond acceptors (Lipinski definition) is 2. The van der Waals surface area contributed by atoms with E-state index in [9.17, 15) is 4.79 Å². The van der Waals surface area contributed by atoms with Crippen molar-refractivity contribution in [2.24, 2.45) is 11.8 Å². The Bertz CT molecular complexity index is 219. The predicted octanol–water partition coefficient (Wildman–Crippen LogP) is 1.01. The van der Waals surface area contributed by atoms with Gasteiger partial charge < -0.3 is 4.90 Å². The summed E-state index contributed by atoms with van der Waals surface area (Å²) in [4.78, 5) is 13.1. The van der Waals surface area contributed by atoms with Crippen molar-refractivity contribution in [3.05, 3.63) is 0 Å². The van der Waals surface area contributed by atoms with Gasteiger partial charge in [-0.25, -0.2) is 0 Å². The first kappa shape index (κ1) is 9.05. The van der Waals surface area contributed by atoms with Crippen molar-refractivity contribution < 1.29 is 4.79 Å². The molecule has 1 fully saturated rings. The Balaban J connectivity index is 2.60. The highest BCUT2D eigenvalue weighted by molar-refractivity contribution is 5.79. The summed E-state index contributed by atoms with van der Waals surface area (Å²) >= 11 is 0. The van der Waals surface area contributed by atoms with Gasteiger partial charge in [-0.05, 0) is 12.3 Å². The lowest BCUT2D eigenvalue weighted by Crippen LogP contribution is -2.43. The average Bonchev–Trinajstić information content (AvgIpc) is 2.07. The van der Waals surface area contributed by atoms with Crippen molar-refractivity contribution in [1.82, 2.24) is 4.90 Å². The van der Waals surface area contributed by atoms with Crippen LogP contribution in [0.3, 0.4) is 0 Å². The van der Waals surface area contributed by atoms with Crippen LogP contribution in [-0.2, 0) is 4.79 Å². The molecule has 0 spiro atoms. The van der Waals surface area contributed by atoms with E-state index in [0.29, 0.717) is 5.92 Å². The molecule has 2 atom stereocenters. The second-order valence-corrected chi connectivity index (χ2v) is 3.47. The number of amides is 1. The lowest BCUT2D eigenvalue weighted by Gasteiger charge is -2.33. The number of carbonyl (C=O) groups excluding carboxylic acids is 1. The molecule has 1 amide bonds. The van der Waals surface area contributed by atoms with E-state index >= 15 is 0 Å². The maximum absolute atomic E-state index is 11.5. The number of rotatable bonds is 1. The highest BCUT2D eigenvalue weighted by Gasteiger charge is 2.29. The van der Waals surface area contributed by atoms with Gasteiger partial charge in [-0.2, -0.15) is 5.26 Å². The first-order chi connectivity index (χ1) is 5.66. The van der Waals surface area contributed by atoms with Crippen molar-refractivity contribution >= 4 is 5.91 Å². The monoisotopic (exact) mass is 166 g/mol. The van der Waals surface area contributed by atoms with Crippen LogP contribution in [0.25, 0.3) is 0 Å². The van der Waals surface area contributed by atoms with Crippen molar-refractivity contribution in [1.29, 1.82) is 5.26 Å². The average molecular weight is 166 g/mol. The molecule has 3 heteroatoms. The van der Waals surface area contributed by atoms with Crippen LogP contribution < -0.4 is 0 Å². The van der Waals surface area contributed by atoms with Gasteiger partial charge >= 0.3 is 0 Å². The third-order valence-corrected chi connectivity index (χ3v) is 2.67. The van der Waals surface area contributed by atoms with Gasteiger partial charge in [-0.3, -0.25) is 4.79 Å². The van der Waals surface area contributed by atoms with Gasteiger partial charge in [0.25, 0.3) is 0 Å². The van der Waals surface area contributed by atoms with E-state index in [0.717, 1.165) is 13.0 Å². The Morgan fingerprint density at radius 2 is 2.33 bits per heavy atom. The molecular weight excluding hydrogens is 152 g/mol. The van der Waals surface area contributed by atoms with Gasteiger partial charge in [-0.1, -0.05) is 13.8 Å². The zero-order valence-electron chi connectivity index (χ0n) is 7.58. The minimum Gasteiger partial charge on any atom is -0.329 e. The summed E-state index contributed by atoms with van der Waals surface area (Å²) in [6.45, 7) is 5.02.